The van der Waals surface area contributed by atoms with E-state index in [1.807, 2.05) is 19.1 Å². The molecule has 0 aliphatic rings. The Morgan fingerprint density at radius 1 is 1.17 bits per heavy atom. The SMILES string of the molecule is Cc1ccc(-c2nc(CC(=O)Nc3ccccc3C(=O)NCCC(N)=O)cs2)o1. The molecule has 150 valence electrons. The number of amides is 3. The van der Waals surface area contributed by atoms with E-state index < -0.39 is 11.8 Å². The van der Waals surface area contributed by atoms with Crippen LogP contribution in [-0.4, -0.2) is 29.3 Å². The van der Waals surface area contributed by atoms with Crippen LogP contribution in [0.5, 0.6) is 0 Å². The van der Waals surface area contributed by atoms with Crippen molar-refractivity contribution in [2.24, 2.45) is 5.73 Å². The second-order valence-corrected chi connectivity index (χ2v) is 7.16. The standard InChI is InChI=1S/C20H20N4O4S/c1-12-6-7-16(28-12)20-23-13(11-29-20)10-18(26)24-15-5-3-2-4-14(15)19(27)22-9-8-17(21)25/h2-7,11H,8-10H2,1H3,(H2,21,25)(H,22,27)(H,24,26). The molecule has 0 saturated carbocycles. The van der Waals surface area contributed by atoms with E-state index in [9.17, 15) is 14.4 Å². The van der Waals surface area contributed by atoms with Crippen LogP contribution in [0.1, 0.15) is 28.2 Å². The highest BCUT2D eigenvalue weighted by Crippen LogP contribution is 2.26. The highest BCUT2D eigenvalue weighted by atomic mass is 32.1. The Morgan fingerprint density at radius 2 is 1.97 bits per heavy atom. The van der Waals surface area contributed by atoms with Crippen molar-refractivity contribution in [1.82, 2.24) is 10.3 Å². The quantitative estimate of drug-likeness (QED) is 0.524. The maximum absolute atomic E-state index is 12.4. The largest absolute Gasteiger partial charge is 0.459 e. The van der Waals surface area contributed by atoms with Gasteiger partial charge in [-0.05, 0) is 31.2 Å². The molecule has 0 unspecified atom stereocenters. The van der Waals surface area contributed by atoms with Crippen LogP contribution in [0.25, 0.3) is 10.8 Å². The average molecular weight is 412 g/mol. The summed E-state index contributed by atoms with van der Waals surface area (Å²) in [5.74, 6) is 0.262. The highest BCUT2D eigenvalue weighted by molar-refractivity contribution is 7.13. The summed E-state index contributed by atoms with van der Waals surface area (Å²) in [6, 6.07) is 10.3. The number of primary amides is 1. The minimum atomic E-state index is -0.501. The van der Waals surface area contributed by atoms with Crippen LogP contribution in [0.2, 0.25) is 0 Å². The number of nitrogens with zero attached hydrogens (tertiary/aromatic N) is 1. The van der Waals surface area contributed by atoms with Gasteiger partial charge in [-0.3, -0.25) is 14.4 Å². The zero-order valence-electron chi connectivity index (χ0n) is 15.7. The van der Waals surface area contributed by atoms with Crippen LogP contribution < -0.4 is 16.4 Å². The molecule has 0 saturated heterocycles. The van der Waals surface area contributed by atoms with Crippen molar-refractivity contribution in [3.63, 3.8) is 0 Å². The number of furan rings is 1. The second kappa shape index (κ2) is 9.16. The number of carbonyl (C=O) groups is 3. The summed E-state index contributed by atoms with van der Waals surface area (Å²) in [6.45, 7) is 1.98. The molecular weight excluding hydrogens is 392 g/mol. The monoisotopic (exact) mass is 412 g/mol. The number of hydrogen-bond donors (Lipinski definition) is 3. The number of rotatable bonds is 8. The summed E-state index contributed by atoms with van der Waals surface area (Å²) in [5.41, 5.74) is 6.36. The molecule has 2 aromatic heterocycles. The lowest BCUT2D eigenvalue weighted by Gasteiger charge is -2.10. The number of hydrogen-bond acceptors (Lipinski definition) is 6. The zero-order valence-corrected chi connectivity index (χ0v) is 16.5. The summed E-state index contributed by atoms with van der Waals surface area (Å²) in [6.07, 6.45) is 0.107. The Kier molecular flexibility index (Phi) is 6.40. The Hall–Kier alpha value is -3.46. The van der Waals surface area contributed by atoms with Gasteiger partial charge in [0.25, 0.3) is 5.91 Å². The number of carbonyl (C=O) groups excluding carboxylic acids is 3. The van der Waals surface area contributed by atoms with E-state index in [1.54, 1.807) is 29.6 Å². The highest BCUT2D eigenvalue weighted by Gasteiger charge is 2.15. The molecule has 4 N–H and O–H groups in total. The number of nitrogens with two attached hydrogens (primary N) is 1. The molecule has 2 heterocycles. The number of anilines is 1. The number of nitrogens with one attached hydrogen (secondary N) is 2. The van der Waals surface area contributed by atoms with Crippen molar-refractivity contribution in [2.45, 2.75) is 19.8 Å². The van der Waals surface area contributed by atoms with Gasteiger partial charge >= 0.3 is 0 Å². The van der Waals surface area contributed by atoms with E-state index >= 15 is 0 Å². The number of para-hydroxylation sites is 1. The first kappa shape index (κ1) is 20.3. The summed E-state index contributed by atoms with van der Waals surface area (Å²) < 4.78 is 5.55. The summed E-state index contributed by atoms with van der Waals surface area (Å²) in [5, 5.41) is 7.85. The normalized spacial score (nSPS) is 10.5. The first-order valence-electron chi connectivity index (χ1n) is 8.89. The zero-order chi connectivity index (χ0) is 20.8. The van der Waals surface area contributed by atoms with Crippen LogP contribution in [0.4, 0.5) is 5.69 Å². The van der Waals surface area contributed by atoms with Crippen molar-refractivity contribution in [3.8, 4) is 10.8 Å². The summed E-state index contributed by atoms with van der Waals surface area (Å²) in [4.78, 5) is 40.0. The Morgan fingerprint density at radius 3 is 2.69 bits per heavy atom. The minimum absolute atomic E-state index is 0.0433. The molecule has 0 aliphatic carbocycles. The van der Waals surface area contributed by atoms with Crippen molar-refractivity contribution in [3.05, 3.63) is 58.8 Å². The third-order valence-electron chi connectivity index (χ3n) is 3.95. The molecule has 1 aromatic carbocycles. The fourth-order valence-corrected chi connectivity index (χ4v) is 3.37. The molecule has 0 aliphatic heterocycles. The molecular formula is C20H20N4O4S. The minimum Gasteiger partial charge on any atom is -0.459 e. The van der Waals surface area contributed by atoms with E-state index in [0.29, 0.717) is 27.7 Å². The first-order chi connectivity index (χ1) is 13.9. The van der Waals surface area contributed by atoms with Gasteiger partial charge in [-0.1, -0.05) is 12.1 Å². The smallest absolute Gasteiger partial charge is 0.253 e. The van der Waals surface area contributed by atoms with Crippen LogP contribution in [-0.2, 0) is 16.0 Å². The van der Waals surface area contributed by atoms with Crippen LogP contribution in [0.3, 0.4) is 0 Å². The summed E-state index contributed by atoms with van der Waals surface area (Å²) >= 11 is 1.40. The van der Waals surface area contributed by atoms with Gasteiger partial charge in [0.05, 0.1) is 23.4 Å². The second-order valence-electron chi connectivity index (χ2n) is 6.30. The fourth-order valence-electron chi connectivity index (χ4n) is 2.59. The number of benzene rings is 1. The topological polar surface area (TPSA) is 127 Å². The van der Waals surface area contributed by atoms with E-state index in [1.165, 1.54) is 11.3 Å². The fraction of sp³-hybridized carbons (Fsp3) is 0.200. The van der Waals surface area contributed by atoms with Crippen molar-refractivity contribution in [1.29, 1.82) is 0 Å². The third kappa shape index (κ3) is 5.52. The average Bonchev–Trinajstić information content (AvgIpc) is 3.30. The predicted molar refractivity (Wildman–Crippen MR) is 109 cm³/mol. The molecule has 0 radical (unpaired) electrons. The molecule has 0 bridgehead atoms. The lowest BCUT2D eigenvalue weighted by atomic mass is 10.1. The first-order valence-corrected chi connectivity index (χ1v) is 9.77. The molecule has 3 amide bonds. The van der Waals surface area contributed by atoms with Crippen LogP contribution in [0.15, 0.2) is 46.2 Å². The Bertz CT molecular complexity index is 1040. The van der Waals surface area contributed by atoms with Gasteiger partial charge in [0, 0.05) is 18.3 Å². The van der Waals surface area contributed by atoms with Crippen LogP contribution >= 0.6 is 11.3 Å². The van der Waals surface area contributed by atoms with Gasteiger partial charge in [0.2, 0.25) is 11.8 Å². The molecule has 3 rings (SSSR count). The predicted octanol–water partition coefficient (Wildman–Crippen LogP) is 2.50. The maximum atomic E-state index is 12.4. The number of aryl methyl sites for hydroxylation is 1. The van der Waals surface area contributed by atoms with Gasteiger partial charge in [0.15, 0.2) is 10.8 Å². The maximum Gasteiger partial charge on any atom is 0.253 e. The van der Waals surface area contributed by atoms with Crippen molar-refractivity contribution >= 4 is 34.7 Å². The lowest BCUT2D eigenvalue weighted by molar-refractivity contribution is -0.118. The van der Waals surface area contributed by atoms with E-state index in [0.717, 1.165) is 5.76 Å². The van der Waals surface area contributed by atoms with Crippen molar-refractivity contribution < 1.29 is 18.8 Å². The molecule has 3 aromatic rings. The lowest BCUT2D eigenvalue weighted by Crippen LogP contribution is -2.29. The number of thiazole rings is 1. The van der Waals surface area contributed by atoms with Gasteiger partial charge in [-0.15, -0.1) is 11.3 Å². The van der Waals surface area contributed by atoms with E-state index in [2.05, 4.69) is 15.6 Å². The molecule has 0 fully saturated rings. The van der Waals surface area contributed by atoms with E-state index in [4.69, 9.17) is 10.2 Å². The molecule has 29 heavy (non-hydrogen) atoms. The van der Waals surface area contributed by atoms with Crippen LogP contribution in [0, 0.1) is 6.92 Å². The molecule has 8 nitrogen and oxygen atoms in total. The molecule has 9 heteroatoms. The van der Waals surface area contributed by atoms with Gasteiger partial charge in [0.1, 0.15) is 5.76 Å². The van der Waals surface area contributed by atoms with E-state index in [-0.39, 0.29) is 25.3 Å². The Balaban J connectivity index is 1.63. The van der Waals surface area contributed by atoms with Gasteiger partial charge < -0.3 is 20.8 Å². The molecule has 0 spiro atoms. The van der Waals surface area contributed by atoms with Gasteiger partial charge in [-0.2, -0.15) is 0 Å². The Labute approximate surface area is 171 Å². The number of aromatic nitrogens is 1. The van der Waals surface area contributed by atoms with Gasteiger partial charge in [-0.25, -0.2) is 4.98 Å². The summed E-state index contributed by atoms with van der Waals surface area (Å²) in [7, 11) is 0. The van der Waals surface area contributed by atoms with Crippen molar-refractivity contribution in [2.75, 3.05) is 11.9 Å². The third-order valence-corrected chi connectivity index (χ3v) is 4.85. The molecule has 0 atom stereocenters.